The second kappa shape index (κ2) is 5.70. The summed E-state index contributed by atoms with van der Waals surface area (Å²) in [6.07, 6.45) is 1.24. The molecule has 0 radical (unpaired) electrons. The molecule has 0 aliphatic heterocycles. The van der Waals surface area contributed by atoms with Crippen molar-refractivity contribution >= 4 is 21.8 Å². The largest absolute Gasteiger partial charge is 0.465 e. The van der Waals surface area contributed by atoms with Crippen molar-refractivity contribution in [2.45, 2.75) is 4.90 Å². The Kier molecular flexibility index (Phi) is 3.99. The molecule has 1 N–H and O–H groups in total. The van der Waals surface area contributed by atoms with E-state index in [4.69, 9.17) is 0 Å². The van der Waals surface area contributed by atoms with Gasteiger partial charge in [-0.1, -0.05) is 18.2 Å². The van der Waals surface area contributed by atoms with E-state index >= 15 is 0 Å². The van der Waals surface area contributed by atoms with Crippen molar-refractivity contribution in [3.05, 3.63) is 54.2 Å². The standard InChI is InChI=1S/C13H12N2O4S/c1-19-13(16)10-7-8-12(14-9-10)15-20(17,18)11-5-3-2-4-6-11/h2-9H,1H3,(H,14,15). The summed E-state index contributed by atoms with van der Waals surface area (Å²) in [5.41, 5.74) is 0.246. The zero-order valence-electron chi connectivity index (χ0n) is 10.6. The van der Waals surface area contributed by atoms with Crippen LogP contribution in [0.15, 0.2) is 53.6 Å². The molecule has 0 aliphatic carbocycles. The fourth-order valence-electron chi connectivity index (χ4n) is 1.49. The molecule has 0 amide bonds. The number of methoxy groups -OCH3 is 1. The van der Waals surface area contributed by atoms with E-state index in [0.717, 1.165) is 0 Å². The Hall–Kier alpha value is -2.41. The number of ether oxygens (including phenoxy) is 1. The predicted molar refractivity (Wildman–Crippen MR) is 72.8 cm³/mol. The van der Waals surface area contributed by atoms with E-state index in [1.165, 1.54) is 37.6 Å². The number of hydrogen-bond donors (Lipinski definition) is 1. The summed E-state index contributed by atoms with van der Waals surface area (Å²) in [6, 6.07) is 10.8. The highest BCUT2D eigenvalue weighted by molar-refractivity contribution is 7.92. The lowest BCUT2D eigenvalue weighted by molar-refractivity contribution is 0.0600. The maximum Gasteiger partial charge on any atom is 0.339 e. The van der Waals surface area contributed by atoms with Crippen molar-refractivity contribution in [1.29, 1.82) is 0 Å². The maximum absolute atomic E-state index is 12.0. The van der Waals surface area contributed by atoms with Crippen molar-refractivity contribution in [2.75, 3.05) is 11.8 Å². The van der Waals surface area contributed by atoms with Gasteiger partial charge < -0.3 is 4.74 Å². The molecule has 2 rings (SSSR count). The number of nitrogens with zero attached hydrogens (tertiary/aromatic N) is 1. The van der Waals surface area contributed by atoms with Crippen LogP contribution in [0.5, 0.6) is 0 Å². The molecular formula is C13H12N2O4S. The number of carbonyl (C=O) groups is 1. The topological polar surface area (TPSA) is 85.4 Å². The van der Waals surface area contributed by atoms with E-state index in [1.807, 2.05) is 0 Å². The van der Waals surface area contributed by atoms with E-state index in [-0.39, 0.29) is 16.3 Å². The lowest BCUT2D eigenvalue weighted by atomic mass is 10.3. The normalized spacial score (nSPS) is 10.8. The molecule has 104 valence electrons. The molecule has 0 spiro atoms. The van der Waals surface area contributed by atoms with E-state index in [0.29, 0.717) is 0 Å². The second-order valence-electron chi connectivity index (χ2n) is 3.84. The van der Waals surface area contributed by atoms with Crippen LogP contribution in [0.1, 0.15) is 10.4 Å². The Bertz CT molecular complexity index is 697. The van der Waals surface area contributed by atoms with E-state index in [9.17, 15) is 13.2 Å². The first-order valence-corrected chi connectivity index (χ1v) is 7.13. The molecule has 0 bridgehead atoms. The van der Waals surface area contributed by atoms with Gasteiger partial charge in [-0.25, -0.2) is 18.2 Å². The third kappa shape index (κ3) is 3.12. The number of anilines is 1. The zero-order chi connectivity index (χ0) is 14.6. The van der Waals surface area contributed by atoms with Crippen molar-refractivity contribution < 1.29 is 17.9 Å². The molecule has 0 saturated carbocycles. The average molecular weight is 292 g/mol. The van der Waals surface area contributed by atoms with E-state index in [1.54, 1.807) is 18.2 Å². The summed E-state index contributed by atoms with van der Waals surface area (Å²) in [5.74, 6) is -0.406. The molecular weight excluding hydrogens is 280 g/mol. The van der Waals surface area contributed by atoms with Gasteiger partial charge in [-0.2, -0.15) is 0 Å². The monoisotopic (exact) mass is 292 g/mol. The molecule has 20 heavy (non-hydrogen) atoms. The van der Waals surface area contributed by atoms with Crippen LogP contribution in [0, 0.1) is 0 Å². The number of rotatable bonds is 4. The van der Waals surface area contributed by atoms with E-state index in [2.05, 4.69) is 14.4 Å². The van der Waals surface area contributed by atoms with Crippen LogP contribution < -0.4 is 4.72 Å². The summed E-state index contributed by atoms with van der Waals surface area (Å²) in [4.78, 5) is 15.2. The number of benzene rings is 1. The summed E-state index contributed by atoms with van der Waals surface area (Å²) < 4.78 is 30.9. The fourth-order valence-corrected chi connectivity index (χ4v) is 2.52. The van der Waals surface area contributed by atoms with Gasteiger partial charge in [0.15, 0.2) is 0 Å². The molecule has 7 heteroatoms. The number of carbonyl (C=O) groups excluding carboxylic acids is 1. The van der Waals surface area contributed by atoms with Gasteiger partial charge in [0.2, 0.25) is 0 Å². The van der Waals surface area contributed by atoms with Crippen molar-refractivity contribution in [1.82, 2.24) is 4.98 Å². The number of hydrogen-bond acceptors (Lipinski definition) is 5. The van der Waals surface area contributed by atoms with Crippen LogP contribution in [0.4, 0.5) is 5.82 Å². The van der Waals surface area contributed by atoms with Crippen LogP contribution in [0.3, 0.4) is 0 Å². The summed E-state index contributed by atoms with van der Waals surface area (Å²) in [5, 5.41) is 0. The molecule has 0 saturated heterocycles. The first-order chi connectivity index (χ1) is 9.53. The predicted octanol–water partition coefficient (Wildman–Crippen LogP) is 1.67. The molecule has 0 atom stereocenters. The quantitative estimate of drug-likeness (QED) is 0.866. The summed E-state index contributed by atoms with van der Waals surface area (Å²) in [7, 11) is -2.42. The third-order valence-corrected chi connectivity index (χ3v) is 3.85. The summed E-state index contributed by atoms with van der Waals surface area (Å²) in [6.45, 7) is 0. The Balaban J connectivity index is 2.20. The Morgan fingerprint density at radius 2 is 1.85 bits per heavy atom. The number of pyridine rings is 1. The van der Waals surface area contributed by atoms with Gasteiger partial charge >= 0.3 is 5.97 Å². The summed E-state index contributed by atoms with van der Waals surface area (Å²) >= 11 is 0. The van der Waals surface area contributed by atoms with Gasteiger partial charge in [-0.05, 0) is 24.3 Å². The van der Waals surface area contributed by atoms with Crippen molar-refractivity contribution in [3.63, 3.8) is 0 Å². The minimum atomic E-state index is -3.68. The smallest absolute Gasteiger partial charge is 0.339 e. The maximum atomic E-state index is 12.0. The Morgan fingerprint density at radius 1 is 1.15 bits per heavy atom. The fraction of sp³-hybridized carbons (Fsp3) is 0.0769. The van der Waals surface area contributed by atoms with Crippen LogP contribution in [0.25, 0.3) is 0 Å². The number of nitrogens with one attached hydrogen (secondary N) is 1. The SMILES string of the molecule is COC(=O)c1ccc(NS(=O)(=O)c2ccccc2)nc1. The van der Waals surface area contributed by atoms with Crippen molar-refractivity contribution in [2.24, 2.45) is 0 Å². The number of sulfonamides is 1. The highest BCUT2D eigenvalue weighted by Gasteiger charge is 2.14. The minimum Gasteiger partial charge on any atom is -0.465 e. The van der Waals surface area contributed by atoms with Crippen LogP contribution >= 0.6 is 0 Å². The van der Waals surface area contributed by atoms with Gasteiger partial charge in [0.25, 0.3) is 10.0 Å². The number of aromatic nitrogens is 1. The molecule has 1 aromatic heterocycles. The minimum absolute atomic E-state index is 0.126. The molecule has 0 fully saturated rings. The van der Waals surface area contributed by atoms with Crippen LogP contribution in [-0.2, 0) is 14.8 Å². The highest BCUT2D eigenvalue weighted by atomic mass is 32.2. The first kappa shape index (κ1) is 14.0. The molecule has 0 aliphatic rings. The van der Waals surface area contributed by atoms with Crippen LogP contribution in [0.2, 0.25) is 0 Å². The van der Waals surface area contributed by atoms with Gasteiger partial charge in [-0.15, -0.1) is 0 Å². The Labute approximate surface area is 116 Å². The molecule has 0 unspecified atom stereocenters. The van der Waals surface area contributed by atoms with Crippen LogP contribution in [-0.4, -0.2) is 26.5 Å². The van der Waals surface area contributed by atoms with E-state index < -0.39 is 16.0 Å². The zero-order valence-corrected chi connectivity index (χ0v) is 11.4. The molecule has 2 aromatic rings. The first-order valence-electron chi connectivity index (χ1n) is 5.65. The highest BCUT2D eigenvalue weighted by Crippen LogP contribution is 2.14. The molecule has 1 heterocycles. The van der Waals surface area contributed by atoms with Crippen molar-refractivity contribution in [3.8, 4) is 0 Å². The van der Waals surface area contributed by atoms with Gasteiger partial charge in [-0.3, -0.25) is 4.72 Å². The third-order valence-electron chi connectivity index (χ3n) is 2.48. The lowest BCUT2D eigenvalue weighted by Gasteiger charge is -2.07. The van der Waals surface area contributed by atoms with Gasteiger partial charge in [0, 0.05) is 6.20 Å². The van der Waals surface area contributed by atoms with Gasteiger partial charge in [0.1, 0.15) is 5.82 Å². The lowest BCUT2D eigenvalue weighted by Crippen LogP contribution is -2.14. The molecule has 6 nitrogen and oxygen atoms in total. The van der Waals surface area contributed by atoms with Gasteiger partial charge in [0.05, 0.1) is 17.6 Å². The number of esters is 1. The average Bonchev–Trinajstić information content (AvgIpc) is 2.48. The molecule has 1 aromatic carbocycles. The second-order valence-corrected chi connectivity index (χ2v) is 5.52. The Morgan fingerprint density at radius 3 is 2.40 bits per heavy atom.